The molecule has 4 N–H and O–H groups in total. The van der Waals surface area contributed by atoms with Gasteiger partial charge in [-0.05, 0) is 24.1 Å². The molecular formula is C12H17N3O2. The van der Waals surface area contributed by atoms with Crippen LogP contribution in [0.2, 0.25) is 0 Å². The average Bonchev–Trinajstić information content (AvgIpc) is 2.28. The molecule has 0 fully saturated rings. The fourth-order valence-electron chi connectivity index (χ4n) is 2.03. The Balaban J connectivity index is 2.34. The number of nitrogens with two attached hydrogens (primary N) is 1. The molecule has 1 amide bonds. The van der Waals surface area contributed by atoms with E-state index in [1.54, 1.807) is 6.07 Å². The highest BCUT2D eigenvalue weighted by Gasteiger charge is 2.17. The van der Waals surface area contributed by atoms with Crippen LogP contribution in [0.25, 0.3) is 0 Å². The number of benzene rings is 1. The van der Waals surface area contributed by atoms with Crippen molar-refractivity contribution in [2.24, 2.45) is 0 Å². The minimum atomic E-state index is 0.0355. The predicted octanol–water partition coefficient (Wildman–Crippen LogP) is 0.582. The van der Waals surface area contributed by atoms with Crippen molar-refractivity contribution >= 4 is 23.0 Å². The molecule has 0 bridgehead atoms. The van der Waals surface area contributed by atoms with Crippen molar-refractivity contribution in [2.45, 2.75) is 12.8 Å². The molecule has 2 rings (SSSR count). The van der Waals surface area contributed by atoms with Crippen molar-refractivity contribution in [3.63, 3.8) is 0 Å². The first-order valence-electron chi connectivity index (χ1n) is 5.66. The standard InChI is InChI=1S/C12H17N3O2/c1-15(4-5-16)11-6-8-2-3-12(17)14-10(8)7-9(11)13/h6-7,16H,2-5,13H2,1H3,(H,14,17). The van der Waals surface area contributed by atoms with E-state index in [-0.39, 0.29) is 12.5 Å². The summed E-state index contributed by atoms with van der Waals surface area (Å²) >= 11 is 0. The lowest BCUT2D eigenvalue weighted by Gasteiger charge is -2.24. The van der Waals surface area contributed by atoms with Gasteiger partial charge in [-0.25, -0.2) is 0 Å². The van der Waals surface area contributed by atoms with Crippen LogP contribution in [-0.4, -0.2) is 31.2 Å². The van der Waals surface area contributed by atoms with Gasteiger partial charge < -0.3 is 21.1 Å². The van der Waals surface area contributed by atoms with Crippen LogP contribution in [0.15, 0.2) is 12.1 Å². The fourth-order valence-corrected chi connectivity index (χ4v) is 2.03. The molecule has 1 heterocycles. The van der Waals surface area contributed by atoms with Gasteiger partial charge in [-0.1, -0.05) is 0 Å². The summed E-state index contributed by atoms with van der Waals surface area (Å²) < 4.78 is 0. The third kappa shape index (κ3) is 2.34. The van der Waals surface area contributed by atoms with Gasteiger partial charge >= 0.3 is 0 Å². The Morgan fingerprint density at radius 3 is 2.94 bits per heavy atom. The van der Waals surface area contributed by atoms with Crippen molar-refractivity contribution in [1.82, 2.24) is 0 Å². The second-order valence-electron chi connectivity index (χ2n) is 4.26. The lowest BCUT2D eigenvalue weighted by Crippen LogP contribution is -2.24. The molecule has 1 aliphatic heterocycles. The summed E-state index contributed by atoms with van der Waals surface area (Å²) in [5, 5.41) is 11.7. The Labute approximate surface area is 100 Å². The van der Waals surface area contributed by atoms with E-state index in [0.717, 1.165) is 23.4 Å². The Kier molecular flexibility index (Phi) is 3.19. The van der Waals surface area contributed by atoms with E-state index < -0.39 is 0 Å². The molecule has 0 radical (unpaired) electrons. The molecule has 0 aromatic heterocycles. The van der Waals surface area contributed by atoms with Gasteiger partial charge in [0.25, 0.3) is 0 Å². The molecule has 1 aliphatic rings. The Morgan fingerprint density at radius 1 is 1.47 bits per heavy atom. The van der Waals surface area contributed by atoms with Gasteiger partial charge in [-0.3, -0.25) is 4.79 Å². The van der Waals surface area contributed by atoms with E-state index in [1.165, 1.54) is 0 Å². The number of nitrogens with one attached hydrogen (secondary N) is 1. The lowest BCUT2D eigenvalue weighted by molar-refractivity contribution is -0.116. The monoisotopic (exact) mass is 235 g/mol. The number of carbonyl (C=O) groups is 1. The van der Waals surface area contributed by atoms with Crippen LogP contribution in [0.4, 0.5) is 17.1 Å². The van der Waals surface area contributed by atoms with Crippen LogP contribution >= 0.6 is 0 Å². The van der Waals surface area contributed by atoms with Crippen LogP contribution in [0, 0.1) is 0 Å². The summed E-state index contributed by atoms with van der Waals surface area (Å²) in [6.07, 6.45) is 1.25. The number of aliphatic hydroxyl groups is 1. The topological polar surface area (TPSA) is 78.6 Å². The summed E-state index contributed by atoms with van der Waals surface area (Å²) in [4.78, 5) is 13.2. The number of amides is 1. The smallest absolute Gasteiger partial charge is 0.224 e. The fraction of sp³-hybridized carbons (Fsp3) is 0.417. The summed E-state index contributed by atoms with van der Waals surface area (Å²) in [5.74, 6) is 0.0355. The number of hydrogen-bond donors (Lipinski definition) is 3. The number of nitrogens with zero attached hydrogens (tertiary/aromatic N) is 1. The molecule has 5 nitrogen and oxygen atoms in total. The van der Waals surface area contributed by atoms with Gasteiger partial charge in [-0.15, -0.1) is 0 Å². The van der Waals surface area contributed by atoms with Crippen LogP contribution < -0.4 is 16.0 Å². The quantitative estimate of drug-likeness (QED) is 0.670. The highest BCUT2D eigenvalue weighted by molar-refractivity contribution is 5.95. The number of hydrogen-bond acceptors (Lipinski definition) is 4. The first kappa shape index (κ1) is 11.7. The number of aliphatic hydroxyl groups excluding tert-OH is 1. The SMILES string of the molecule is CN(CCO)c1cc2c(cc1N)NC(=O)CC2. The third-order valence-electron chi connectivity index (χ3n) is 2.99. The van der Waals surface area contributed by atoms with E-state index in [0.29, 0.717) is 18.7 Å². The molecule has 17 heavy (non-hydrogen) atoms. The normalized spacial score (nSPS) is 14.1. The van der Waals surface area contributed by atoms with Crippen molar-refractivity contribution in [1.29, 1.82) is 0 Å². The predicted molar refractivity (Wildman–Crippen MR) is 68.2 cm³/mol. The molecule has 0 unspecified atom stereocenters. The second kappa shape index (κ2) is 4.63. The third-order valence-corrected chi connectivity index (χ3v) is 2.99. The summed E-state index contributed by atoms with van der Waals surface area (Å²) in [6, 6.07) is 3.77. The molecule has 92 valence electrons. The molecule has 1 aromatic carbocycles. The van der Waals surface area contributed by atoms with Crippen molar-refractivity contribution in [2.75, 3.05) is 36.1 Å². The first-order valence-corrected chi connectivity index (χ1v) is 5.66. The average molecular weight is 235 g/mol. The van der Waals surface area contributed by atoms with Gasteiger partial charge in [-0.2, -0.15) is 0 Å². The molecule has 0 atom stereocenters. The Bertz CT molecular complexity index is 446. The van der Waals surface area contributed by atoms with Crippen LogP contribution in [0.5, 0.6) is 0 Å². The first-order chi connectivity index (χ1) is 8.11. The van der Waals surface area contributed by atoms with E-state index >= 15 is 0 Å². The van der Waals surface area contributed by atoms with Gasteiger partial charge in [0.05, 0.1) is 18.0 Å². The second-order valence-corrected chi connectivity index (χ2v) is 4.26. The number of carbonyl (C=O) groups excluding carboxylic acids is 1. The van der Waals surface area contributed by atoms with Crippen molar-refractivity contribution in [3.05, 3.63) is 17.7 Å². The summed E-state index contributed by atoms with van der Waals surface area (Å²) in [7, 11) is 1.88. The zero-order valence-electron chi connectivity index (χ0n) is 9.86. The number of nitrogen functional groups attached to an aromatic ring is 1. The largest absolute Gasteiger partial charge is 0.397 e. The Hall–Kier alpha value is -1.75. The maximum Gasteiger partial charge on any atom is 0.224 e. The van der Waals surface area contributed by atoms with Crippen LogP contribution in [-0.2, 0) is 11.2 Å². The number of fused-ring (bicyclic) bond motifs is 1. The van der Waals surface area contributed by atoms with Crippen LogP contribution in [0.3, 0.4) is 0 Å². The summed E-state index contributed by atoms with van der Waals surface area (Å²) in [5.41, 5.74) is 9.36. The van der Waals surface area contributed by atoms with Gasteiger partial charge in [0.1, 0.15) is 0 Å². The van der Waals surface area contributed by atoms with Crippen molar-refractivity contribution < 1.29 is 9.90 Å². The van der Waals surface area contributed by atoms with Gasteiger partial charge in [0.15, 0.2) is 0 Å². The highest BCUT2D eigenvalue weighted by Crippen LogP contribution is 2.32. The number of anilines is 3. The van der Waals surface area contributed by atoms with Gasteiger partial charge in [0, 0.05) is 25.7 Å². The number of rotatable bonds is 3. The number of aryl methyl sites for hydroxylation is 1. The zero-order chi connectivity index (χ0) is 12.4. The van der Waals surface area contributed by atoms with Gasteiger partial charge in [0.2, 0.25) is 5.91 Å². The minimum Gasteiger partial charge on any atom is -0.397 e. The van der Waals surface area contributed by atoms with E-state index in [1.807, 2.05) is 18.0 Å². The van der Waals surface area contributed by atoms with Crippen molar-refractivity contribution in [3.8, 4) is 0 Å². The molecule has 5 heteroatoms. The molecule has 0 saturated heterocycles. The molecule has 0 saturated carbocycles. The zero-order valence-corrected chi connectivity index (χ0v) is 9.86. The van der Waals surface area contributed by atoms with Crippen LogP contribution in [0.1, 0.15) is 12.0 Å². The minimum absolute atomic E-state index is 0.0355. The molecular weight excluding hydrogens is 218 g/mol. The number of likely N-dealkylation sites (N-methyl/N-ethyl adjacent to an activating group) is 1. The molecule has 1 aromatic rings. The maximum absolute atomic E-state index is 11.3. The van der Waals surface area contributed by atoms with E-state index in [4.69, 9.17) is 10.8 Å². The molecule has 0 aliphatic carbocycles. The Morgan fingerprint density at radius 2 is 2.24 bits per heavy atom. The highest BCUT2D eigenvalue weighted by atomic mass is 16.3. The maximum atomic E-state index is 11.3. The molecule has 0 spiro atoms. The van der Waals surface area contributed by atoms with E-state index in [9.17, 15) is 4.79 Å². The van der Waals surface area contributed by atoms with E-state index in [2.05, 4.69) is 5.32 Å². The lowest BCUT2D eigenvalue weighted by atomic mass is 10.0. The summed E-state index contributed by atoms with van der Waals surface area (Å²) in [6.45, 7) is 0.624.